The van der Waals surface area contributed by atoms with Gasteiger partial charge in [0.2, 0.25) is 5.91 Å². The Balaban J connectivity index is 2.91. The Morgan fingerprint density at radius 1 is 1.19 bits per heavy atom. The van der Waals surface area contributed by atoms with Crippen molar-refractivity contribution >= 4 is 27.7 Å². The van der Waals surface area contributed by atoms with Crippen LogP contribution >= 0.6 is 15.9 Å². The van der Waals surface area contributed by atoms with E-state index in [2.05, 4.69) is 21.2 Å². The van der Waals surface area contributed by atoms with Crippen molar-refractivity contribution in [1.29, 1.82) is 0 Å². The lowest BCUT2D eigenvalue weighted by molar-refractivity contribution is -0.133. The molecule has 0 aliphatic rings. The molecule has 0 saturated carbocycles. The molecule has 0 aliphatic carbocycles. The highest BCUT2D eigenvalue weighted by Crippen LogP contribution is 2.16. The van der Waals surface area contributed by atoms with Gasteiger partial charge < -0.3 is 10.2 Å². The second-order valence-electron chi connectivity index (χ2n) is 5.19. The largest absolute Gasteiger partial charge is 0.341 e. The summed E-state index contributed by atoms with van der Waals surface area (Å²) in [6.07, 6.45) is 0. The number of rotatable bonds is 6. The molecular formula is C16H23BrN2O2. The summed E-state index contributed by atoms with van der Waals surface area (Å²) >= 11 is 3.36. The van der Waals surface area contributed by atoms with Gasteiger partial charge in [-0.3, -0.25) is 9.59 Å². The van der Waals surface area contributed by atoms with Gasteiger partial charge in [-0.15, -0.1) is 0 Å². The average molecular weight is 355 g/mol. The first-order valence-corrected chi connectivity index (χ1v) is 8.05. The van der Waals surface area contributed by atoms with E-state index in [0.29, 0.717) is 18.7 Å². The molecule has 1 atom stereocenters. The van der Waals surface area contributed by atoms with Crippen molar-refractivity contribution in [3.05, 3.63) is 34.3 Å². The number of nitrogens with one attached hydrogen (secondary N) is 1. The van der Waals surface area contributed by atoms with Crippen LogP contribution in [0.4, 0.5) is 0 Å². The molecule has 1 N–H and O–H groups in total. The third kappa shape index (κ3) is 4.56. The van der Waals surface area contributed by atoms with Gasteiger partial charge in [0, 0.05) is 17.6 Å². The highest BCUT2D eigenvalue weighted by Gasteiger charge is 2.28. The van der Waals surface area contributed by atoms with Crippen LogP contribution in [0.3, 0.4) is 0 Å². The van der Waals surface area contributed by atoms with Crippen molar-refractivity contribution in [3.63, 3.8) is 0 Å². The number of hydrogen-bond acceptors (Lipinski definition) is 2. The molecule has 21 heavy (non-hydrogen) atoms. The zero-order chi connectivity index (χ0) is 16.0. The van der Waals surface area contributed by atoms with E-state index in [9.17, 15) is 9.59 Å². The minimum atomic E-state index is -0.510. The molecule has 0 aromatic heterocycles. The molecule has 1 rings (SSSR count). The molecular weight excluding hydrogens is 332 g/mol. The highest BCUT2D eigenvalue weighted by molar-refractivity contribution is 9.10. The zero-order valence-corrected chi connectivity index (χ0v) is 14.6. The summed E-state index contributed by atoms with van der Waals surface area (Å²) in [5.41, 5.74) is 0.537. The van der Waals surface area contributed by atoms with E-state index in [4.69, 9.17) is 0 Å². The Labute approximate surface area is 135 Å². The van der Waals surface area contributed by atoms with Crippen LogP contribution in [-0.4, -0.2) is 35.8 Å². The van der Waals surface area contributed by atoms with E-state index in [-0.39, 0.29) is 17.7 Å². The smallest absolute Gasteiger partial charge is 0.253 e. The van der Waals surface area contributed by atoms with Crippen LogP contribution in [-0.2, 0) is 4.79 Å². The van der Waals surface area contributed by atoms with Crippen LogP contribution in [0.15, 0.2) is 28.7 Å². The predicted octanol–water partition coefficient (Wildman–Crippen LogP) is 3.07. The third-order valence-corrected chi connectivity index (χ3v) is 4.10. The van der Waals surface area contributed by atoms with E-state index >= 15 is 0 Å². The Bertz CT molecular complexity index is 499. The maximum Gasteiger partial charge on any atom is 0.253 e. The van der Waals surface area contributed by atoms with Gasteiger partial charge >= 0.3 is 0 Å². The summed E-state index contributed by atoms with van der Waals surface area (Å²) in [6.45, 7) is 9.04. The lowest BCUT2D eigenvalue weighted by atomic mass is 10.0. The molecule has 0 saturated heterocycles. The van der Waals surface area contributed by atoms with Crippen molar-refractivity contribution in [2.75, 3.05) is 13.1 Å². The number of carbonyl (C=O) groups is 2. The van der Waals surface area contributed by atoms with Gasteiger partial charge in [-0.05, 0) is 47.8 Å². The molecule has 1 aromatic rings. The first-order chi connectivity index (χ1) is 9.92. The minimum Gasteiger partial charge on any atom is -0.341 e. The van der Waals surface area contributed by atoms with Crippen LogP contribution < -0.4 is 5.32 Å². The number of nitrogens with zero attached hydrogens (tertiary/aromatic N) is 1. The summed E-state index contributed by atoms with van der Waals surface area (Å²) in [7, 11) is 0. The zero-order valence-electron chi connectivity index (χ0n) is 13.0. The van der Waals surface area contributed by atoms with E-state index in [1.165, 1.54) is 0 Å². The molecule has 0 fully saturated rings. The summed E-state index contributed by atoms with van der Waals surface area (Å²) in [5, 5.41) is 2.86. The monoisotopic (exact) mass is 354 g/mol. The summed E-state index contributed by atoms with van der Waals surface area (Å²) in [5.74, 6) is -0.235. The van der Waals surface area contributed by atoms with Gasteiger partial charge in [-0.1, -0.05) is 26.0 Å². The van der Waals surface area contributed by atoms with Gasteiger partial charge in [-0.2, -0.15) is 0 Å². The second kappa shape index (κ2) is 8.17. The topological polar surface area (TPSA) is 49.4 Å². The quantitative estimate of drug-likeness (QED) is 0.853. The van der Waals surface area contributed by atoms with Gasteiger partial charge in [0.15, 0.2) is 0 Å². The van der Waals surface area contributed by atoms with Gasteiger partial charge in [0.25, 0.3) is 5.91 Å². The summed E-state index contributed by atoms with van der Waals surface area (Å²) in [6, 6.07) is 6.69. The summed E-state index contributed by atoms with van der Waals surface area (Å²) < 4.78 is 0.722. The number of halogens is 1. The Hall–Kier alpha value is -1.36. The SMILES string of the molecule is CCN(CC)C(=O)[C@@H](NC(=O)c1ccccc1Br)C(C)C. The molecule has 116 valence electrons. The molecule has 0 bridgehead atoms. The van der Waals surface area contributed by atoms with Crippen molar-refractivity contribution in [1.82, 2.24) is 10.2 Å². The molecule has 0 heterocycles. The predicted molar refractivity (Wildman–Crippen MR) is 88.2 cm³/mol. The van der Waals surface area contributed by atoms with Crippen LogP contribution in [0.25, 0.3) is 0 Å². The van der Waals surface area contributed by atoms with Gasteiger partial charge in [0.1, 0.15) is 6.04 Å². The molecule has 1 aromatic carbocycles. The number of benzene rings is 1. The lowest BCUT2D eigenvalue weighted by Gasteiger charge is -2.28. The Kier molecular flexibility index (Phi) is 6.89. The molecule has 5 heteroatoms. The Morgan fingerprint density at radius 3 is 2.24 bits per heavy atom. The first kappa shape index (κ1) is 17.7. The van der Waals surface area contributed by atoms with Crippen molar-refractivity contribution in [2.45, 2.75) is 33.7 Å². The summed E-state index contributed by atoms with van der Waals surface area (Å²) in [4.78, 5) is 26.6. The minimum absolute atomic E-state index is 0.0320. The number of amides is 2. The second-order valence-corrected chi connectivity index (χ2v) is 6.04. The molecule has 0 radical (unpaired) electrons. The van der Waals surface area contributed by atoms with Gasteiger partial charge in [-0.25, -0.2) is 0 Å². The maximum absolute atomic E-state index is 12.5. The van der Waals surface area contributed by atoms with Crippen LogP contribution in [0.5, 0.6) is 0 Å². The number of carbonyl (C=O) groups excluding carboxylic acids is 2. The fourth-order valence-electron chi connectivity index (χ4n) is 2.11. The van der Waals surface area contributed by atoms with Crippen LogP contribution in [0, 0.1) is 5.92 Å². The van der Waals surface area contributed by atoms with E-state index in [1.54, 1.807) is 17.0 Å². The highest BCUT2D eigenvalue weighted by atomic mass is 79.9. The normalized spacial score (nSPS) is 12.1. The lowest BCUT2D eigenvalue weighted by Crippen LogP contribution is -2.51. The van der Waals surface area contributed by atoms with Crippen LogP contribution in [0.2, 0.25) is 0 Å². The fraction of sp³-hybridized carbons (Fsp3) is 0.500. The van der Waals surface area contributed by atoms with Crippen LogP contribution in [0.1, 0.15) is 38.1 Å². The molecule has 2 amide bonds. The average Bonchev–Trinajstić information content (AvgIpc) is 2.45. The number of likely N-dealkylation sites (N-methyl/N-ethyl adjacent to an activating group) is 1. The maximum atomic E-state index is 12.5. The van der Waals surface area contributed by atoms with Crippen molar-refractivity contribution < 1.29 is 9.59 Å². The van der Waals surface area contributed by atoms with E-state index < -0.39 is 6.04 Å². The van der Waals surface area contributed by atoms with Gasteiger partial charge in [0.05, 0.1) is 5.56 Å². The molecule has 0 unspecified atom stereocenters. The first-order valence-electron chi connectivity index (χ1n) is 7.26. The van der Waals surface area contributed by atoms with Crippen molar-refractivity contribution in [2.24, 2.45) is 5.92 Å². The van der Waals surface area contributed by atoms with Crippen molar-refractivity contribution in [3.8, 4) is 0 Å². The third-order valence-electron chi connectivity index (χ3n) is 3.41. The Morgan fingerprint density at radius 2 is 1.76 bits per heavy atom. The molecule has 4 nitrogen and oxygen atoms in total. The fourth-order valence-corrected chi connectivity index (χ4v) is 2.57. The molecule has 0 aliphatic heterocycles. The standard InChI is InChI=1S/C16H23BrN2O2/c1-5-19(6-2)16(21)14(11(3)4)18-15(20)12-9-7-8-10-13(12)17/h7-11,14H,5-6H2,1-4H3,(H,18,20)/t14-/m0/s1. The number of hydrogen-bond donors (Lipinski definition) is 1. The molecule has 0 spiro atoms. The van der Waals surface area contributed by atoms with E-state index in [1.807, 2.05) is 39.8 Å². The van der Waals surface area contributed by atoms with E-state index in [0.717, 1.165) is 4.47 Å².